The smallest absolute Gasteiger partial charge is 0.0810 e. The van der Waals surface area contributed by atoms with Gasteiger partial charge in [-0.1, -0.05) is 0 Å². The van der Waals surface area contributed by atoms with Gasteiger partial charge in [-0.05, 0) is 31.7 Å². The molecular formula is C11H19N3O. The van der Waals surface area contributed by atoms with Gasteiger partial charge in [0.1, 0.15) is 0 Å². The van der Waals surface area contributed by atoms with Crippen LogP contribution in [0.3, 0.4) is 0 Å². The summed E-state index contributed by atoms with van der Waals surface area (Å²) in [7, 11) is 1.92. The first-order chi connectivity index (χ1) is 7.24. The van der Waals surface area contributed by atoms with Crippen molar-refractivity contribution in [3.63, 3.8) is 0 Å². The summed E-state index contributed by atoms with van der Waals surface area (Å²) in [5, 5.41) is 4.14. The molecule has 15 heavy (non-hydrogen) atoms. The summed E-state index contributed by atoms with van der Waals surface area (Å²) in [6.07, 6.45) is 4.43. The summed E-state index contributed by atoms with van der Waals surface area (Å²) in [5.41, 5.74) is 7.28. The molecule has 1 saturated carbocycles. The average Bonchev–Trinajstić information content (AvgIpc) is 2.97. The van der Waals surface area contributed by atoms with Gasteiger partial charge < -0.3 is 10.5 Å². The van der Waals surface area contributed by atoms with Crippen LogP contribution in [-0.4, -0.2) is 22.5 Å². The van der Waals surface area contributed by atoms with E-state index in [4.69, 9.17) is 10.5 Å². The average molecular weight is 209 g/mol. The van der Waals surface area contributed by atoms with Crippen LogP contribution >= 0.6 is 0 Å². The number of nitrogens with zero attached hydrogens (tertiary/aromatic N) is 2. The summed E-state index contributed by atoms with van der Waals surface area (Å²) in [6.45, 7) is 2.75. The van der Waals surface area contributed by atoms with Crippen LogP contribution < -0.4 is 5.73 Å². The summed E-state index contributed by atoms with van der Waals surface area (Å²) in [6, 6.07) is 1.92. The molecular weight excluding hydrogens is 190 g/mol. The van der Waals surface area contributed by atoms with Gasteiger partial charge in [-0.15, -0.1) is 0 Å². The predicted octanol–water partition coefficient (Wildman–Crippen LogP) is 1.24. The highest BCUT2D eigenvalue weighted by Gasteiger charge is 2.37. The van der Waals surface area contributed by atoms with E-state index in [0.29, 0.717) is 5.92 Å². The lowest BCUT2D eigenvalue weighted by Crippen LogP contribution is -2.32. The molecule has 0 radical (unpaired) electrons. The molecule has 1 aromatic rings. The fraction of sp³-hybridized carbons (Fsp3) is 0.727. The minimum Gasteiger partial charge on any atom is -0.376 e. The van der Waals surface area contributed by atoms with E-state index < -0.39 is 0 Å². The first kappa shape index (κ1) is 10.6. The van der Waals surface area contributed by atoms with Crippen LogP contribution in [-0.2, 0) is 11.8 Å². The monoisotopic (exact) mass is 209 g/mol. The highest BCUT2D eigenvalue weighted by Crippen LogP contribution is 2.38. The lowest BCUT2D eigenvalue weighted by atomic mass is 10.0. The molecule has 4 nitrogen and oxygen atoms in total. The highest BCUT2D eigenvalue weighted by molar-refractivity contribution is 5.10. The van der Waals surface area contributed by atoms with Gasteiger partial charge >= 0.3 is 0 Å². The van der Waals surface area contributed by atoms with Crippen molar-refractivity contribution in [1.29, 1.82) is 0 Å². The molecule has 1 aliphatic rings. The van der Waals surface area contributed by atoms with Gasteiger partial charge in [0, 0.05) is 19.9 Å². The molecule has 0 amide bonds. The molecule has 1 fully saturated rings. The lowest BCUT2D eigenvalue weighted by Gasteiger charge is -2.23. The van der Waals surface area contributed by atoms with Gasteiger partial charge in [-0.25, -0.2) is 0 Å². The van der Waals surface area contributed by atoms with E-state index in [-0.39, 0.29) is 12.1 Å². The zero-order chi connectivity index (χ0) is 10.8. The molecule has 1 aliphatic carbocycles. The Morgan fingerprint density at radius 3 is 2.87 bits per heavy atom. The van der Waals surface area contributed by atoms with E-state index >= 15 is 0 Å². The Morgan fingerprint density at radius 2 is 2.40 bits per heavy atom. The van der Waals surface area contributed by atoms with Crippen molar-refractivity contribution in [3.05, 3.63) is 18.0 Å². The second-order valence-electron chi connectivity index (χ2n) is 4.16. The molecule has 1 aromatic heterocycles. The third-order valence-electron chi connectivity index (χ3n) is 3.00. The Morgan fingerprint density at radius 1 is 1.67 bits per heavy atom. The van der Waals surface area contributed by atoms with E-state index in [0.717, 1.165) is 12.3 Å². The van der Waals surface area contributed by atoms with Crippen molar-refractivity contribution >= 4 is 0 Å². The van der Waals surface area contributed by atoms with Crippen LogP contribution in [0.25, 0.3) is 0 Å². The second-order valence-corrected chi connectivity index (χ2v) is 4.16. The first-order valence-corrected chi connectivity index (χ1v) is 5.59. The number of ether oxygens (including phenoxy) is 1. The maximum atomic E-state index is 6.23. The van der Waals surface area contributed by atoms with Crippen LogP contribution in [0.15, 0.2) is 12.3 Å². The largest absolute Gasteiger partial charge is 0.376 e. The molecule has 2 rings (SSSR count). The quantitative estimate of drug-likeness (QED) is 0.793. The van der Waals surface area contributed by atoms with Crippen molar-refractivity contribution in [1.82, 2.24) is 9.78 Å². The van der Waals surface area contributed by atoms with Crippen molar-refractivity contribution < 1.29 is 4.74 Å². The zero-order valence-corrected chi connectivity index (χ0v) is 9.39. The number of aromatic nitrogens is 2. The standard InChI is InChI=1S/C11H19N3O/c1-3-15-11(8-4-5-8)10(12)9-6-7-13-14(9)2/h6-8,10-11H,3-5,12H2,1-2H3. The summed E-state index contributed by atoms with van der Waals surface area (Å²) in [4.78, 5) is 0. The molecule has 4 heteroatoms. The Kier molecular flexibility index (Phi) is 3.07. The maximum Gasteiger partial charge on any atom is 0.0810 e. The Balaban J connectivity index is 2.10. The Hall–Kier alpha value is -0.870. The number of hydrogen-bond acceptors (Lipinski definition) is 3. The third-order valence-corrected chi connectivity index (χ3v) is 3.00. The SMILES string of the molecule is CCOC(C1CC1)C(N)c1ccnn1C. The summed E-state index contributed by atoms with van der Waals surface area (Å²) >= 11 is 0. The minimum atomic E-state index is -0.0510. The van der Waals surface area contributed by atoms with Crippen LogP contribution in [0.2, 0.25) is 0 Å². The zero-order valence-electron chi connectivity index (χ0n) is 9.39. The van der Waals surface area contributed by atoms with Gasteiger partial charge in [-0.2, -0.15) is 5.10 Å². The van der Waals surface area contributed by atoms with Crippen LogP contribution in [0.4, 0.5) is 0 Å². The third kappa shape index (κ3) is 2.21. The number of rotatable bonds is 5. The van der Waals surface area contributed by atoms with Crippen LogP contribution in [0.1, 0.15) is 31.5 Å². The van der Waals surface area contributed by atoms with Gasteiger partial charge in [0.2, 0.25) is 0 Å². The van der Waals surface area contributed by atoms with Crippen LogP contribution in [0.5, 0.6) is 0 Å². The van der Waals surface area contributed by atoms with Crippen molar-refractivity contribution in [2.75, 3.05) is 6.61 Å². The molecule has 0 aromatic carbocycles. The molecule has 1 heterocycles. The van der Waals surface area contributed by atoms with Crippen molar-refractivity contribution in [2.45, 2.75) is 31.9 Å². The Labute approximate surface area is 90.4 Å². The maximum absolute atomic E-state index is 6.23. The number of hydrogen-bond donors (Lipinski definition) is 1. The van der Waals surface area contributed by atoms with Crippen molar-refractivity contribution in [2.24, 2.45) is 18.7 Å². The number of nitrogens with two attached hydrogens (primary N) is 1. The predicted molar refractivity (Wildman–Crippen MR) is 58.3 cm³/mol. The van der Waals surface area contributed by atoms with Gasteiger partial charge in [0.25, 0.3) is 0 Å². The van der Waals surface area contributed by atoms with Crippen molar-refractivity contribution in [3.8, 4) is 0 Å². The van der Waals surface area contributed by atoms with Gasteiger partial charge in [0.05, 0.1) is 17.8 Å². The molecule has 0 saturated heterocycles. The molecule has 0 bridgehead atoms. The van der Waals surface area contributed by atoms with E-state index in [1.165, 1.54) is 12.8 Å². The molecule has 84 valence electrons. The van der Waals surface area contributed by atoms with Gasteiger partial charge in [0.15, 0.2) is 0 Å². The molecule has 2 atom stereocenters. The summed E-state index contributed by atoms with van der Waals surface area (Å²) < 4.78 is 7.57. The van der Waals surface area contributed by atoms with Crippen LogP contribution in [0, 0.1) is 5.92 Å². The Bertz CT molecular complexity index is 319. The molecule has 2 unspecified atom stereocenters. The molecule has 0 aliphatic heterocycles. The second kappa shape index (κ2) is 4.33. The fourth-order valence-corrected chi connectivity index (χ4v) is 2.03. The van der Waals surface area contributed by atoms with E-state index in [9.17, 15) is 0 Å². The summed E-state index contributed by atoms with van der Waals surface area (Å²) in [5.74, 6) is 0.648. The highest BCUT2D eigenvalue weighted by atomic mass is 16.5. The van der Waals surface area contributed by atoms with E-state index in [1.54, 1.807) is 6.20 Å². The topological polar surface area (TPSA) is 53.1 Å². The fourth-order valence-electron chi connectivity index (χ4n) is 2.03. The van der Waals surface area contributed by atoms with E-state index in [1.807, 2.05) is 24.7 Å². The first-order valence-electron chi connectivity index (χ1n) is 5.59. The minimum absolute atomic E-state index is 0.0510. The van der Waals surface area contributed by atoms with E-state index in [2.05, 4.69) is 5.10 Å². The van der Waals surface area contributed by atoms with Gasteiger partial charge in [-0.3, -0.25) is 4.68 Å². The molecule has 0 spiro atoms. The lowest BCUT2D eigenvalue weighted by molar-refractivity contribution is 0.0265. The normalized spacial score (nSPS) is 20.2. The molecule has 2 N–H and O–H groups in total. The number of aryl methyl sites for hydroxylation is 1.